The van der Waals surface area contributed by atoms with Crippen molar-refractivity contribution in [3.8, 4) is 0 Å². The molecule has 1 saturated carbocycles. The van der Waals surface area contributed by atoms with Gasteiger partial charge in [0.25, 0.3) is 0 Å². The Morgan fingerprint density at radius 3 is 2.47 bits per heavy atom. The van der Waals surface area contributed by atoms with E-state index in [0.717, 1.165) is 18.4 Å². The van der Waals surface area contributed by atoms with Crippen LogP contribution in [0.15, 0.2) is 12.1 Å². The highest BCUT2D eigenvalue weighted by molar-refractivity contribution is 7.12. The van der Waals surface area contributed by atoms with Gasteiger partial charge in [-0.25, -0.2) is 0 Å². The Morgan fingerprint density at radius 1 is 1.21 bits per heavy atom. The van der Waals surface area contributed by atoms with Crippen molar-refractivity contribution in [1.29, 1.82) is 0 Å². The quantitative estimate of drug-likeness (QED) is 0.743. The summed E-state index contributed by atoms with van der Waals surface area (Å²) in [5.74, 6) is 1.85. The van der Waals surface area contributed by atoms with Gasteiger partial charge in [0, 0.05) is 15.8 Å². The van der Waals surface area contributed by atoms with Crippen molar-refractivity contribution in [1.82, 2.24) is 5.32 Å². The highest BCUT2D eigenvalue weighted by atomic mass is 32.1. The SMILES string of the molecule is CCCNC(c1ccc(C)s1)C1CCC(CC)CC1. The Labute approximate surface area is 122 Å². The van der Waals surface area contributed by atoms with E-state index in [1.165, 1.54) is 43.4 Å². The highest BCUT2D eigenvalue weighted by Crippen LogP contribution is 2.39. The lowest BCUT2D eigenvalue weighted by Crippen LogP contribution is -2.31. The second-order valence-corrected chi connectivity index (χ2v) is 7.39. The summed E-state index contributed by atoms with van der Waals surface area (Å²) in [6.45, 7) is 7.98. The van der Waals surface area contributed by atoms with Gasteiger partial charge < -0.3 is 5.32 Å². The highest BCUT2D eigenvalue weighted by Gasteiger charge is 2.28. The van der Waals surface area contributed by atoms with E-state index in [1.54, 1.807) is 4.88 Å². The minimum atomic E-state index is 0.608. The van der Waals surface area contributed by atoms with Crippen LogP contribution in [-0.4, -0.2) is 6.54 Å². The van der Waals surface area contributed by atoms with Gasteiger partial charge in [-0.15, -0.1) is 11.3 Å². The van der Waals surface area contributed by atoms with Crippen molar-refractivity contribution < 1.29 is 0 Å². The van der Waals surface area contributed by atoms with Crippen molar-refractivity contribution in [3.05, 3.63) is 21.9 Å². The van der Waals surface area contributed by atoms with Gasteiger partial charge in [-0.05, 0) is 56.7 Å². The number of aryl methyl sites for hydroxylation is 1. The van der Waals surface area contributed by atoms with Gasteiger partial charge in [-0.1, -0.05) is 33.1 Å². The van der Waals surface area contributed by atoms with E-state index in [1.807, 2.05) is 11.3 Å². The van der Waals surface area contributed by atoms with E-state index in [4.69, 9.17) is 0 Å². The Morgan fingerprint density at radius 2 is 1.95 bits per heavy atom. The molecule has 0 amide bonds. The van der Waals surface area contributed by atoms with E-state index in [-0.39, 0.29) is 0 Å². The molecule has 1 fully saturated rings. The molecular weight excluding hydrogens is 250 g/mol. The number of hydrogen-bond acceptors (Lipinski definition) is 2. The summed E-state index contributed by atoms with van der Waals surface area (Å²) < 4.78 is 0. The molecule has 19 heavy (non-hydrogen) atoms. The van der Waals surface area contributed by atoms with Crippen molar-refractivity contribution in [2.24, 2.45) is 11.8 Å². The fraction of sp³-hybridized carbons (Fsp3) is 0.765. The summed E-state index contributed by atoms with van der Waals surface area (Å²) in [6, 6.07) is 5.23. The van der Waals surface area contributed by atoms with Crippen LogP contribution in [-0.2, 0) is 0 Å². The third-order valence-corrected chi connectivity index (χ3v) is 5.71. The van der Waals surface area contributed by atoms with Gasteiger partial charge in [0.2, 0.25) is 0 Å². The molecule has 2 rings (SSSR count). The third kappa shape index (κ3) is 4.06. The maximum Gasteiger partial charge on any atom is 0.0443 e. The first-order valence-corrected chi connectivity index (χ1v) is 8.86. The molecule has 1 atom stereocenters. The minimum Gasteiger partial charge on any atom is -0.309 e. The van der Waals surface area contributed by atoms with E-state index >= 15 is 0 Å². The van der Waals surface area contributed by atoms with Crippen LogP contribution in [0.1, 0.15) is 68.2 Å². The first-order chi connectivity index (χ1) is 9.24. The van der Waals surface area contributed by atoms with E-state index < -0.39 is 0 Å². The molecule has 108 valence electrons. The van der Waals surface area contributed by atoms with E-state index in [2.05, 4.69) is 38.2 Å². The van der Waals surface area contributed by atoms with Gasteiger partial charge in [0.15, 0.2) is 0 Å². The van der Waals surface area contributed by atoms with Gasteiger partial charge in [0.1, 0.15) is 0 Å². The van der Waals surface area contributed by atoms with Gasteiger partial charge >= 0.3 is 0 Å². The molecule has 0 saturated heterocycles. The smallest absolute Gasteiger partial charge is 0.0443 e. The molecule has 1 N–H and O–H groups in total. The normalized spacial score (nSPS) is 25.4. The molecule has 0 bridgehead atoms. The summed E-state index contributed by atoms with van der Waals surface area (Å²) in [4.78, 5) is 3.01. The van der Waals surface area contributed by atoms with Gasteiger partial charge in [-0.3, -0.25) is 0 Å². The summed E-state index contributed by atoms with van der Waals surface area (Å²) in [6.07, 6.45) is 8.31. The molecule has 0 spiro atoms. The van der Waals surface area contributed by atoms with Crippen LogP contribution in [0.3, 0.4) is 0 Å². The number of rotatable bonds is 6. The third-order valence-electron chi connectivity index (χ3n) is 4.62. The predicted octanol–water partition coefficient (Wildman–Crippen LogP) is 5.31. The Hall–Kier alpha value is -0.340. The zero-order chi connectivity index (χ0) is 13.7. The minimum absolute atomic E-state index is 0.608. The molecule has 0 aliphatic heterocycles. The summed E-state index contributed by atoms with van der Waals surface area (Å²) in [5, 5.41) is 3.81. The van der Waals surface area contributed by atoms with E-state index in [0.29, 0.717) is 6.04 Å². The average molecular weight is 279 g/mol. The molecule has 1 aromatic heterocycles. The predicted molar refractivity (Wildman–Crippen MR) is 85.8 cm³/mol. The fourth-order valence-corrected chi connectivity index (χ4v) is 4.40. The lowest BCUT2D eigenvalue weighted by atomic mass is 9.77. The van der Waals surface area contributed by atoms with Crippen molar-refractivity contribution in [2.45, 2.75) is 65.3 Å². The molecule has 1 aromatic rings. The van der Waals surface area contributed by atoms with Crippen LogP contribution in [0.25, 0.3) is 0 Å². The van der Waals surface area contributed by atoms with E-state index in [9.17, 15) is 0 Å². The Balaban J connectivity index is 2.01. The number of thiophene rings is 1. The zero-order valence-electron chi connectivity index (χ0n) is 12.7. The van der Waals surface area contributed by atoms with Crippen LogP contribution in [0.5, 0.6) is 0 Å². The molecular formula is C17H29NS. The lowest BCUT2D eigenvalue weighted by Gasteiger charge is -2.34. The first-order valence-electron chi connectivity index (χ1n) is 8.04. The molecule has 1 aliphatic carbocycles. The molecule has 1 aliphatic rings. The van der Waals surface area contributed by atoms with Gasteiger partial charge in [-0.2, -0.15) is 0 Å². The van der Waals surface area contributed by atoms with Crippen molar-refractivity contribution in [2.75, 3.05) is 6.54 Å². The molecule has 1 heterocycles. The maximum atomic E-state index is 3.81. The van der Waals surface area contributed by atoms with Crippen molar-refractivity contribution in [3.63, 3.8) is 0 Å². The monoisotopic (exact) mass is 279 g/mol. The van der Waals surface area contributed by atoms with Crippen LogP contribution in [0.2, 0.25) is 0 Å². The van der Waals surface area contributed by atoms with Crippen molar-refractivity contribution >= 4 is 11.3 Å². The Kier molecular flexibility index (Phi) is 5.90. The Bertz CT molecular complexity index is 363. The fourth-order valence-electron chi connectivity index (χ4n) is 3.35. The summed E-state index contributed by atoms with van der Waals surface area (Å²) in [7, 11) is 0. The maximum absolute atomic E-state index is 3.81. The lowest BCUT2D eigenvalue weighted by molar-refractivity contribution is 0.220. The topological polar surface area (TPSA) is 12.0 Å². The number of nitrogens with one attached hydrogen (secondary N) is 1. The standard InChI is InChI=1S/C17H29NS/c1-4-12-18-17(16-11-6-13(3)19-16)15-9-7-14(5-2)8-10-15/h6,11,14-15,17-18H,4-5,7-10,12H2,1-3H3. The number of hydrogen-bond donors (Lipinski definition) is 1. The first kappa shape index (κ1) is 15.1. The summed E-state index contributed by atoms with van der Waals surface area (Å²) >= 11 is 1.98. The second-order valence-electron chi connectivity index (χ2n) is 6.07. The molecule has 0 aromatic carbocycles. The zero-order valence-corrected chi connectivity index (χ0v) is 13.6. The van der Waals surface area contributed by atoms with Crippen LogP contribution >= 0.6 is 11.3 Å². The molecule has 2 heteroatoms. The van der Waals surface area contributed by atoms with Gasteiger partial charge in [0.05, 0.1) is 0 Å². The van der Waals surface area contributed by atoms with Crippen LogP contribution < -0.4 is 5.32 Å². The largest absolute Gasteiger partial charge is 0.309 e. The molecule has 0 radical (unpaired) electrons. The second kappa shape index (κ2) is 7.44. The average Bonchev–Trinajstić information content (AvgIpc) is 2.86. The molecule has 1 nitrogen and oxygen atoms in total. The van der Waals surface area contributed by atoms with Crippen LogP contribution in [0.4, 0.5) is 0 Å². The van der Waals surface area contributed by atoms with Crippen LogP contribution in [0, 0.1) is 18.8 Å². The molecule has 1 unspecified atom stereocenters. The summed E-state index contributed by atoms with van der Waals surface area (Å²) in [5.41, 5.74) is 0.